The van der Waals surface area contributed by atoms with Gasteiger partial charge in [-0.15, -0.1) is 0 Å². The molecular formula is C19H37N2O+. The number of aliphatic imine (C=N–C) groups is 1. The van der Waals surface area contributed by atoms with Crippen molar-refractivity contribution in [2.45, 2.75) is 84.8 Å². The minimum absolute atomic E-state index is 0.322. The predicted octanol–water partition coefficient (Wildman–Crippen LogP) is 4.66. The number of aliphatic hydroxyl groups excluding tert-OH is 1. The summed E-state index contributed by atoms with van der Waals surface area (Å²) < 4.78 is 0.706. The molecule has 0 saturated heterocycles. The van der Waals surface area contributed by atoms with Gasteiger partial charge in [-0.1, -0.05) is 38.3 Å². The third-order valence-corrected chi connectivity index (χ3v) is 5.00. The van der Waals surface area contributed by atoms with E-state index >= 15 is 0 Å². The molecule has 3 nitrogen and oxygen atoms in total. The number of aliphatic hydroxyl groups is 1. The first-order valence-electron chi connectivity index (χ1n) is 9.41. The quantitative estimate of drug-likeness (QED) is 0.317. The highest BCUT2D eigenvalue weighted by Gasteiger charge is 2.40. The van der Waals surface area contributed by atoms with Crippen LogP contribution < -0.4 is 0 Å². The molecule has 0 radical (unpaired) electrons. The molecule has 1 heterocycles. The molecule has 0 aromatic carbocycles. The van der Waals surface area contributed by atoms with Crippen LogP contribution in [0.25, 0.3) is 0 Å². The van der Waals surface area contributed by atoms with Crippen molar-refractivity contribution in [1.82, 2.24) is 0 Å². The van der Waals surface area contributed by atoms with Crippen LogP contribution in [0.2, 0.25) is 0 Å². The van der Waals surface area contributed by atoms with Crippen LogP contribution >= 0.6 is 0 Å². The third kappa shape index (κ3) is 5.85. The number of quaternary nitrogens is 1. The smallest absolute Gasteiger partial charge is 0.200 e. The van der Waals surface area contributed by atoms with Gasteiger partial charge in [0.15, 0.2) is 6.23 Å². The van der Waals surface area contributed by atoms with E-state index in [1.165, 1.54) is 57.2 Å². The Kier molecular flexibility index (Phi) is 9.65. The highest BCUT2D eigenvalue weighted by Crippen LogP contribution is 2.22. The lowest BCUT2D eigenvalue weighted by molar-refractivity contribution is -0.882. The zero-order valence-corrected chi connectivity index (χ0v) is 15.1. The molecule has 0 aromatic heterocycles. The Bertz CT molecular complexity index is 349. The normalized spacial score (nSPS) is 23.2. The maximum absolute atomic E-state index is 10.1. The zero-order chi connectivity index (χ0) is 16.3. The second kappa shape index (κ2) is 11.0. The molecular weight excluding hydrogens is 272 g/mol. The van der Waals surface area contributed by atoms with Gasteiger partial charge in [0.05, 0.1) is 13.1 Å². The Labute approximate surface area is 137 Å². The second-order valence-corrected chi connectivity index (χ2v) is 6.57. The molecule has 0 spiro atoms. The number of hydrogen-bond acceptors (Lipinski definition) is 2. The van der Waals surface area contributed by atoms with Gasteiger partial charge in [-0.2, -0.15) is 0 Å². The van der Waals surface area contributed by atoms with E-state index in [0.717, 1.165) is 26.1 Å². The van der Waals surface area contributed by atoms with Crippen molar-refractivity contribution in [2.75, 3.05) is 19.6 Å². The van der Waals surface area contributed by atoms with Crippen molar-refractivity contribution in [2.24, 2.45) is 4.99 Å². The van der Waals surface area contributed by atoms with E-state index < -0.39 is 0 Å². The van der Waals surface area contributed by atoms with Crippen LogP contribution in [0.5, 0.6) is 0 Å². The minimum Gasteiger partial charge on any atom is -0.345 e. The Morgan fingerprint density at radius 1 is 1.09 bits per heavy atom. The standard InChI is InChI=1S/C19H37N2O/c1-4-6-7-8-9-10-11-12-13-14-15-19-20-16-17-21(19,5-2)18(3)22/h9-10,18,22H,4-8,11-17H2,1-3H3/q+1/b10-9+. The van der Waals surface area contributed by atoms with Crippen molar-refractivity contribution in [3.8, 4) is 0 Å². The van der Waals surface area contributed by atoms with Crippen molar-refractivity contribution < 1.29 is 9.59 Å². The molecule has 128 valence electrons. The van der Waals surface area contributed by atoms with E-state index in [4.69, 9.17) is 0 Å². The summed E-state index contributed by atoms with van der Waals surface area (Å²) in [5.74, 6) is 1.23. The van der Waals surface area contributed by atoms with E-state index in [2.05, 4.69) is 31.0 Å². The summed E-state index contributed by atoms with van der Waals surface area (Å²) in [5.41, 5.74) is 0. The number of nitrogens with zero attached hydrogens (tertiary/aromatic N) is 2. The second-order valence-electron chi connectivity index (χ2n) is 6.57. The molecule has 0 saturated carbocycles. The van der Waals surface area contributed by atoms with Crippen molar-refractivity contribution >= 4 is 5.84 Å². The van der Waals surface area contributed by atoms with Crippen LogP contribution in [0.3, 0.4) is 0 Å². The minimum atomic E-state index is -0.322. The lowest BCUT2D eigenvalue weighted by Gasteiger charge is -2.36. The number of amidine groups is 1. The number of rotatable bonds is 12. The van der Waals surface area contributed by atoms with E-state index in [9.17, 15) is 5.11 Å². The molecule has 0 aliphatic carbocycles. The largest absolute Gasteiger partial charge is 0.345 e. The van der Waals surface area contributed by atoms with E-state index in [1.807, 2.05) is 6.92 Å². The molecule has 0 amide bonds. The average Bonchev–Trinajstić information content (AvgIpc) is 2.93. The summed E-state index contributed by atoms with van der Waals surface area (Å²) >= 11 is 0. The highest BCUT2D eigenvalue weighted by molar-refractivity contribution is 5.76. The van der Waals surface area contributed by atoms with Gasteiger partial charge in [0.2, 0.25) is 5.84 Å². The molecule has 1 N–H and O–H groups in total. The van der Waals surface area contributed by atoms with Gasteiger partial charge < -0.3 is 5.11 Å². The Hall–Kier alpha value is -0.670. The predicted molar refractivity (Wildman–Crippen MR) is 96.0 cm³/mol. The number of likely N-dealkylation sites (N-methyl/N-ethyl adjacent to an activating group) is 1. The molecule has 1 aliphatic rings. The van der Waals surface area contributed by atoms with Crippen molar-refractivity contribution in [3.63, 3.8) is 0 Å². The van der Waals surface area contributed by atoms with Crippen molar-refractivity contribution in [1.29, 1.82) is 0 Å². The van der Waals surface area contributed by atoms with Crippen LogP contribution in [0.15, 0.2) is 17.1 Å². The maximum Gasteiger partial charge on any atom is 0.200 e. The van der Waals surface area contributed by atoms with Crippen LogP contribution in [0.1, 0.15) is 78.6 Å². The Morgan fingerprint density at radius 3 is 2.36 bits per heavy atom. The maximum atomic E-state index is 10.1. The zero-order valence-electron chi connectivity index (χ0n) is 15.1. The lowest BCUT2D eigenvalue weighted by atomic mass is 10.1. The molecule has 22 heavy (non-hydrogen) atoms. The lowest BCUT2D eigenvalue weighted by Crippen LogP contribution is -2.56. The number of unbranched alkanes of at least 4 members (excludes halogenated alkanes) is 6. The van der Waals surface area contributed by atoms with Gasteiger partial charge in [-0.25, -0.2) is 4.99 Å². The topological polar surface area (TPSA) is 32.6 Å². The van der Waals surface area contributed by atoms with Gasteiger partial charge in [-0.3, -0.25) is 4.48 Å². The van der Waals surface area contributed by atoms with Crippen molar-refractivity contribution in [3.05, 3.63) is 12.2 Å². The molecule has 2 atom stereocenters. The van der Waals surface area contributed by atoms with E-state index in [-0.39, 0.29) is 6.23 Å². The van der Waals surface area contributed by atoms with Crippen LogP contribution in [0, 0.1) is 0 Å². The first-order valence-corrected chi connectivity index (χ1v) is 9.41. The van der Waals surface area contributed by atoms with Gasteiger partial charge in [0.1, 0.15) is 6.54 Å². The fraction of sp³-hybridized carbons (Fsp3) is 0.842. The van der Waals surface area contributed by atoms with Gasteiger partial charge in [-0.05, 0) is 39.0 Å². The average molecular weight is 310 g/mol. The van der Waals surface area contributed by atoms with Gasteiger partial charge in [0.25, 0.3) is 0 Å². The van der Waals surface area contributed by atoms with Crippen LogP contribution in [-0.2, 0) is 0 Å². The Morgan fingerprint density at radius 2 is 1.77 bits per heavy atom. The summed E-state index contributed by atoms with van der Waals surface area (Å²) in [7, 11) is 0. The van der Waals surface area contributed by atoms with Crippen LogP contribution in [0.4, 0.5) is 0 Å². The molecule has 1 aliphatic heterocycles. The molecule has 0 bridgehead atoms. The first-order chi connectivity index (χ1) is 10.7. The first kappa shape index (κ1) is 19.4. The molecule has 0 fully saturated rings. The summed E-state index contributed by atoms with van der Waals surface area (Å²) in [6.07, 6.45) is 15.6. The Balaban J connectivity index is 2.14. The molecule has 3 heteroatoms. The monoisotopic (exact) mass is 309 g/mol. The summed E-state index contributed by atoms with van der Waals surface area (Å²) in [4.78, 5) is 4.67. The molecule has 1 rings (SSSR count). The SMILES string of the molecule is CCCCC/C=C/CCCCCC1=NCC[N+]1(CC)C(C)O. The number of allylic oxidation sites excluding steroid dienone is 2. The van der Waals surface area contributed by atoms with Gasteiger partial charge in [0, 0.05) is 13.3 Å². The summed E-state index contributed by atoms with van der Waals surface area (Å²) in [6.45, 7) is 9.14. The molecule has 2 unspecified atom stereocenters. The van der Waals surface area contributed by atoms with Gasteiger partial charge >= 0.3 is 0 Å². The fourth-order valence-corrected chi connectivity index (χ4v) is 3.41. The summed E-state index contributed by atoms with van der Waals surface area (Å²) in [5, 5.41) is 10.1. The highest BCUT2D eigenvalue weighted by atomic mass is 16.3. The number of hydrogen-bond donors (Lipinski definition) is 1. The third-order valence-electron chi connectivity index (χ3n) is 5.00. The van der Waals surface area contributed by atoms with E-state index in [1.54, 1.807) is 0 Å². The fourth-order valence-electron chi connectivity index (χ4n) is 3.41. The van der Waals surface area contributed by atoms with Crippen LogP contribution in [-0.4, -0.2) is 41.3 Å². The van der Waals surface area contributed by atoms with E-state index in [0.29, 0.717) is 4.48 Å². The summed E-state index contributed by atoms with van der Waals surface area (Å²) in [6, 6.07) is 0. The molecule has 0 aromatic rings.